The molecule has 15 rings (SSSR count). The lowest BCUT2D eigenvalue weighted by molar-refractivity contribution is 1.06. The minimum absolute atomic E-state index is 0.426. The number of hydrogen-bond donors (Lipinski definition) is 0. The van der Waals surface area contributed by atoms with Crippen LogP contribution in [0.25, 0.3) is 145 Å². The Morgan fingerprint density at radius 1 is 0.244 bits per heavy atom. The third-order valence-corrected chi connectivity index (χ3v) is 16.3. The predicted molar refractivity (Wildman–Crippen MR) is 346 cm³/mol. The lowest BCUT2D eigenvalue weighted by Crippen LogP contribution is -2.06. The highest BCUT2D eigenvalue weighted by molar-refractivity contribution is 6.12. The van der Waals surface area contributed by atoms with Crippen molar-refractivity contribution in [2.75, 3.05) is 0 Å². The van der Waals surface area contributed by atoms with Crippen LogP contribution in [0.15, 0.2) is 279 Å². The van der Waals surface area contributed by atoms with Gasteiger partial charge in [-0.2, -0.15) is 15.8 Å². The first-order chi connectivity index (χ1) is 42.5. The van der Waals surface area contributed by atoms with E-state index in [-0.39, 0.29) is 0 Å². The van der Waals surface area contributed by atoms with Crippen LogP contribution in [0.4, 0.5) is 0 Å². The number of para-hydroxylation sites is 2. The van der Waals surface area contributed by atoms with E-state index >= 15 is 0 Å². The molecule has 0 N–H and O–H groups in total. The van der Waals surface area contributed by atoms with Crippen LogP contribution >= 0.6 is 0 Å². The van der Waals surface area contributed by atoms with Gasteiger partial charge in [0.1, 0.15) is 0 Å². The predicted octanol–water partition coefficient (Wildman–Crippen LogP) is 19.0. The molecule has 0 radical (unpaired) electrons. The van der Waals surface area contributed by atoms with Crippen LogP contribution in [0.1, 0.15) is 16.7 Å². The molecule has 0 bridgehead atoms. The summed E-state index contributed by atoms with van der Waals surface area (Å²) in [4.78, 5) is 16.7. The van der Waals surface area contributed by atoms with E-state index < -0.39 is 0 Å². The number of nitriles is 3. The molecular weight excluding hydrogens is 1050 g/mol. The first-order valence-electron chi connectivity index (χ1n) is 28.3. The SMILES string of the molecule is N#Cc1ccc(-c2cccc(-c3nc(-c4ccc(-c5ccccc5C#N)cc4-n4c5ccccc5c5cc(-c6ccccc6)ccc54)nc(-c4ccc(-c5ccccc5C#N)cc4-n4c5ccccc5c5cc(-c6ccccc6)ccc54)n3)c2)cc1. The maximum atomic E-state index is 10.5. The second-order valence-electron chi connectivity index (χ2n) is 21.3. The molecular formula is C78H46N8. The van der Waals surface area contributed by atoms with Crippen molar-refractivity contribution in [3.63, 3.8) is 0 Å². The van der Waals surface area contributed by atoms with E-state index in [9.17, 15) is 15.8 Å². The maximum Gasteiger partial charge on any atom is 0.166 e. The van der Waals surface area contributed by atoms with Crippen LogP contribution in [-0.4, -0.2) is 24.1 Å². The van der Waals surface area contributed by atoms with Crippen LogP contribution in [0, 0.1) is 34.0 Å². The summed E-state index contributed by atoms with van der Waals surface area (Å²) in [6.45, 7) is 0. The average Bonchev–Trinajstić information content (AvgIpc) is 3.21. The monoisotopic (exact) mass is 1090 g/mol. The first kappa shape index (κ1) is 50.7. The van der Waals surface area contributed by atoms with Crippen LogP contribution in [0.3, 0.4) is 0 Å². The van der Waals surface area contributed by atoms with Crippen molar-refractivity contribution >= 4 is 43.6 Å². The molecule has 0 amide bonds. The Morgan fingerprint density at radius 2 is 0.628 bits per heavy atom. The van der Waals surface area contributed by atoms with Crippen molar-refractivity contribution in [1.29, 1.82) is 15.8 Å². The van der Waals surface area contributed by atoms with Crippen LogP contribution in [0.5, 0.6) is 0 Å². The molecule has 0 aliphatic heterocycles. The third-order valence-electron chi connectivity index (χ3n) is 16.3. The molecule has 15 aromatic rings. The topological polar surface area (TPSA) is 120 Å². The summed E-state index contributed by atoms with van der Waals surface area (Å²) in [6, 6.07) is 102. The van der Waals surface area contributed by atoms with Gasteiger partial charge in [-0.1, -0.05) is 188 Å². The Hall–Kier alpha value is -12.3. The zero-order valence-corrected chi connectivity index (χ0v) is 46.1. The van der Waals surface area contributed by atoms with E-state index in [1.165, 1.54) is 0 Å². The second-order valence-corrected chi connectivity index (χ2v) is 21.3. The Balaban J connectivity index is 1.03. The number of fused-ring (bicyclic) bond motifs is 6. The van der Waals surface area contributed by atoms with Crippen molar-refractivity contribution in [3.8, 4) is 119 Å². The van der Waals surface area contributed by atoms with E-state index in [0.717, 1.165) is 127 Å². The minimum atomic E-state index is 0.426. The molecule has 0 saturated heterocycles. The lowest BCUT2D eigenvalue weighted by Gasteiger charge is -2.18. The molecule has 0 unspecified atom stereocenters. The summed E-state index contributed by atoms with van der Waals surface area (Å²) < 4.78 is 4.60. The number of benzene rings is 12. The molecule has 0 fully saturated rings. The first-order valence-corrected chi connectivity index (χ1v) is 28.3. The van der Waals surface area contributed by atoms with E-state index in [0.29, 0.717) is 34.2 Å². The molecule has 0 atom stereocenters. The third kappa shape index (κ3) is 8.82. The molecule has 0 aliphatic carbocycles. The van der Waals surface area contributed by atoms with Crippen molar-refractivity contribution in [1.82, 2.24) is 24.1 Å². The fraction of sp³-hybridized carbons (Fsp3) is 0. The second kappa shape index (κ2) is 21.2. The fourth-order valence-electron chi connectivity index (χ4n) is 12.2. The molecule has 0 spiro atoms. The van der Waals surface area contributed by atoms with Crippen molar-refractivity contribution in [2.45, 2.75) is 0 Å². The summed E-state index contributed by atoms with van der Waals surface area (Å²) in [6.07, 6.45) is 0. The minimum Gasteiger partial charge on any atom is -0.308 e. The van der Waals surface area contributed by atoms with Gasteiger partial charge in [-0.15, -0.1) is 0 Å². The van der Waals surface area contributed by atoms with Gasteiger partial charge in [0.15, 0.2) is 17.5 Å². The van der Waals surface area contributed by atoms with E-state index in [4.69, 9.17) is 15.0 Å². The van der Waals surface area contributed by atoms with E-state index in [2.05, 4.69) is 209 Å². The Kier molecular flexibility index (Phi) is 12.5. The smallest absolute Gasteiger partial charge is 0.166 e. The van der Waals surface area contributed by atoms with Gasteiger partial charge >= 0.3 is 0 Å². The molecule has 0 saturated carbocycles. The maximum absolute atomic E-state index is 10.5. The quantitative estimate of drug-likeness (QED) is 0.135. The van der Waals surface area contributed by atoms with Gasteiger partial charge in [-0.25, -0.2) is 15.0 Å². The van der Waals surface area contributed by atoms with Crippen molar-refractivity contribution in [3.05, 3.63) is 296 Å². The fourth-order valence-corrected chi connectivity index (χ4v) is 12.2. The Bertz CT molecular complexity index is 5050. The van der Waals surface area contributed by atoms with Crippen LogP contribution < -0.4 is 0 Å². The molecule has 3 heterocycles. The van der Waals surface area contributed by atoms with E-state index in [1.54, 1.807) is 0 Å². The molecule has 8 nitrogen and oxygen atoms in total. The summed E-state index contributed by atoms with van der Waals surface area (Å²) >= 11 is 0. The van der Waals surface area contributed by atoms with Crippen LogP contribution in [-0.2, 0) is 0 Å². The Labute approximate surface area is 495 Å². The van der Waals surface area contributed by atoms with Gasteiger partial charge in [-0.3, -0.25) is 0 Å². The zero-order valence-electron chi connectivity index (χ0n) is 46.1. The van der Waals surface area contributed by atoms with Crippen molar-refractivity contribution in [2.24, 2.45) is 0 Å². The number of aromatic nitrogens is 5. The highest BCUT2D eigenvalue weighted by atomic mass is 15.1. The molecule has 12 aromatic carbocycles. The van der Waals surface area contributed by atoms with Gasteiger partial charge in [-0.05, 0) is 147 Å². The van der Waals surface area contributed by atoms with Gasteiger partial charge in [0.2, 0.25) is 0 Å². The number of rotatable bonds is 10. The molecule has 398 valence electrons. The largest absolute Gasteiger partial charge is 0.308 e. The highest BCUT2D eigenvalue weighted by Crippen LogP contribution is 2.43. The zero-order chi connectivity index (χ0) is 57.7. The lowest BCUT2D eigenvalue weighted by atomic mass is 9.97. The standard InChI is InChI=1S/C78H46N8/c79-47-50-30-32-53(33-31-50)54-22-15-23-59(42-54)76-82-77(66-38-34-57(62-24-9-7-20-60(62)48-80)45-74(66)85-70-28-13-11-26-64(70)68-43-55(36-40-72(68)85)51-16-3-1-4-17-51)84-78(83-76)67-39-35-58(63-25-10-8-21-61(63)49-81)46-75(67)86-71-29-14-12-27-65(71)69-44-56(37-41-73(69)86)52-18-5-2-6-19-52/h1-46H. The van der Waals surface area contributed by atoms with Crippen LogP contribution in [0.2, 0.25) is 0 Å². The van der Waals surface area contributed by atoms with E-state index in [1.807, 2.05) is 97.1 Å². The van der Waals surface area contributed by atoms with Gasteiger partial charge in [0.25, 0.3) is 0 Å². The van der Waals surface area contributed by atoms with Crippen molar-refractivity contribution < 1.29 is 0 Å². The summed E-state index contributed by atoms with van der Waals surface area (Å²) in [5.41, 5.74) is 19.1. The normalized spacial score (nSPS) is 11.2. The summed E-state index contributed by atoms with van der Waals surface area (Å²) in [7, 11) is 0. The number of hydrogen-bond acceptors (Lipinski definition) is 6. The van der Waals surface area contributed by atoms with Gasteiger partial charge in [0.05, 0.1) is 68.3 Å². The highest BCUT2D eigenvalue weighted by Gasteiger charge is 2.25. The summed E-state index contributed by atoms with van der Waals surface area (Å²) in [5.74, 6) is 1.30. The molecule has 0 aliphatic rings. The molecule has 86 heavy (non-hydrogen) atoms. The molecule has 3 aromatic heterocycles. The summed E-state index contributed by atoms with van der Waals surface area (Å²) in [5, 5.41) is 35.1. The Morgan fingerprint density at radius 3 is 1.13 bits per heavy atom. The van der Waals surface area contributed by atoms with Gasteiger partial charge < -0.3 is 9.13 Å². The average molecular weight is 1100 g/mol. The number of nitrogens with zero attached hydrogens (tertiary/aromatic N) is 8. The van der Waals surface area contributed by atoms with Gasteiger partial charge in [0, 0.05) is 38.2 Å². The molecule has 8 heteroatoms.